The van der Waals surface area contributed by atoms with E-state index < -0.39 is 0 Å². The van der Waals surface area contributed by atoms with Crippen molar-refractivity contribution < 1.29 is 0 Å². The number of likely N-dealkylation sites (N-methyl/N-ethyl adjacent to an activating group) is 2. The molecule has 2 unspecified atom stereocenters. The van der Waals surface area contributed by atoms with E-state index >= 15 is 0 Å². The second kappa shape index (κ2) is 6.91. The van der Waals surface area contributed by atoms with Gasteiger partial charge in [0, 0.05) is 18.6 Å². The fourth-order valence-corrected chi connectivity index (χ4v) is 2.35. The van der Waals surface area contributed by atoms with Crippen LogP contribution in [0.2, 0.25) is 0 Å². The quantitative estimate of drug-likeness (QED) is 0.831. The van der Waals surface area contributed by atoms with E-state index in [0.29, 0.717) is 12.1 Å². The summed E-state index contributed by atoms with van der Waals surface area (Å²) in [5, 5.41) is 3.44. The molecular formula is C16H28N2. The standard InChI is InChI=1S/C16H28N2/c1-7-14(4)18(6)11-16(17-5)15-9-12(2)8-13(3)10-15/h8-10,14,16-17H,7,11H2,1-6H3. The van der Waals surface area contributed by atoms with Gasteiger partial charge in [0.05, 0.1) is 0 Å². The van der Waals surface area contributed by atoms with Crippen LogP contribution in [0.15, 0.2) is 18.2 Å². The monoisotopic (exact) mass is 248 g/mol. The fourth-order valence-electron chi connectivity index (χ4n) is 2.35. The van der Waals surface area contributed by atoms with Gasteiger partial charge in [-0.1, -0.05) is 36.2 Å². The maximum Gasteiger partial charge on any atom is 0.0447 e. The van der Waals surface area contributed by atoms with Crippen LogP contribution in [0, 0.1) is 13.8 Å². The van der Waals surface area contributed by atoms with Crippen molar-refractivity contribution in [2.45, 2.75) is 46.2 Å². The van der Waals surface area contributed by atoms with Gasteiger partial charge in [0.2, 0.25) is 0 Å². The molecule has 1 rings (SSSR count). The van der Waals surface area contributed by atoms with Crippen molar-refractivity contribution >= 4 is 0 Å². The first kappa shape index (κ1) is 15.2. The predicted octanol–water partition coefficient (Wildman–Crippen LogP) is 3.29. The average molecular weight is 248 g/mol. The average Bonchev–Trinajstić information content (AvgIpc) is 2.33. The van der Waals surface area contributed by atoms with Gasteiger partial charge in [-0.05, 0) is 46.9 Å². The minimum absolute atomic E-state index is 0.405. The lowest BCUT2D eigenvalue weighted by Gasteiger charge is -2.29. The molecule has 1 aromatic rings. The van der Waals surface area contributed by atoms with Crippen molar-refractivity contribution in [1.82, 2.24) is 10.2 Å². The third kappa shape index (κ3) is 4.11. The molecule has 2 atom stereocenters. The number of nitrogens with zero attached hydrogens (tertiary/aromatic N) is 1. The summed E-state index contributed by atoms with van der Waals surface area (Å²) in [4.78, 5) is 2.43. The first-order valence-electron chi connectivity index (χ1n) is 6.93. The number of hydrogen-bond donors (Lipinski definition) is 1. The van der Waals surface area contributed by atoms with Gasteiger partial charge in [-0.3, -0.25) is 0 Å². The highest BCUT2D eigenvalue weighted by Gasteiger charge is 2.15. The Hall–Kier alpha value is -0.860. The molecule has 0 spiro atoms. The van der Waals surface area contributed by atoms with Crippen LogP contribution in [0.5, 0.6) is 0 Å². The molecule has 0 bridgehead atoms. The molecule has 0 aromatic heterocycles. The molecule has 102 valence electrons. The van der Waals surface area contributed by atoms with Crippen LogP contribution in [0.3, 0.4) is 0 Å². The summed E-state index contributed by atoms with van der Waals surface area (Å²) < 4.78 is 0. The first-order valence-corrected chi connectivity index (χ1v) is 6.93. The molecule has 0 aliphatic carbocycles. The molecule has 0 aliphatic heterocycles. The largest absolute Gasteiger partial charge is 0.312 e. The molecule has 0 aliphatic rings. The molecule has 0 saturated carbocycles. The van der Waals surface area contributed by atoms with E-state index in [9.17, 15) is 0 Å². The summed E-state index contributed by atoms with van der Waals surface area (Å²) in [5.74, 6) is 0. The van der Waals surface area contributed by atoms with Crippen LogP contribution < -0.4 is 5.32 Å². The molecule has 2 nitrogen and oxygen atoms in total. The number of rotatable bonds is 6. The SMILES string of the molecule is CCC(C)N(C)CC(NC)c1cc(C)cc(C)c1. The van der Waals surface area contributed by atoms with Crippen LogP contribution >= 0.6 is 0 Å². The first-order chi connectivity index (χ1) is 8.47. The molecule has 2 heteroatoms. The third-order valence-corrected chi connectivity index (χ3v) is 3.81. The molecule has 0 heterocycles. The summed E-state index contributed by atoms with van der Waals surface area (Å²) >= 11 is 0. The Morgan fingerprint density at radius 2 is 1.72 bits per heavy atom. The minimum Gasteiger partial charge on any atom is -0.312 e. The van der Waals surface area contributed by atoms with Crippen molar-refractivity contribution in [3.8, 4) is 0 Å². The highest BCUT2D eigenvalue weighted by Crippen LogP contribution is 2.18. The topological polar surface area (TPSA) is 15.3 Å². The van der Waals surface area contributed by atoms with E-state index in [0.717, 1.165) is 6.54 Å². The highest BCUT2D eigenvalue weighted by molar-refractivity contribution is 5.30. The van der Waals surface area contributed by atoms with Crippen molar-refractivity contribution in [1.29, 1.82) is 0 Å². The zero-order chi connectivity index (χ0) is 13.7. The van der Waals surface area contributed by atoms with E-state index in [1.165, 1.54) is 23.1 Å². The van der Waals surface area contributed by atoms with Crippen LogP contribution in [0.1, 0.15) is 43.0 Å². The maximum atomic E-state index is 3.44. The number of aryl methyl sites for hydroxylation is 2. The molecule has 0 amide bonds. The fraction of sp³-hybridized carbons (Fsp3) is 0.625. The van der Waals surface area contributed by atoms with E-state index in [1.807, 2.05) is 7.05 Å². The molecule has 0 radical (unpaired) electrons. The summed E-state index contributed by atoms with van der Waals surface area (Å²) in [7, 11) is 4.26. The van der Waals surface area contributed by atoms with Gasteiger partial charge in [0.1, 0.15) is 0 Å². The molecule has 1 N–H and O–H groups in total. The normalized spacial score (nSPS) is 14.8. The van der Waals surface area contributed by atoms with E-state index in [1.54, 1.807) is 0 Å². The van der Waals surface area contributed by atoms with Crippen molar-refractivity contribution in [2.75, 3.05) is 20.6 Å². The molecule has 18 heavy (non-hydrogen) atoms. The Balaban J connectivity index is 2.82. The minimum atomic E-state index is 0.405. The number of hydrogen-bond acceptors (Lipinski definition) is 2. The maximum absolute atomic E-state index is 3.44. The van der Waals surface area contributed by atoms with Crippen LogP contribution in [-0.2, 0) is 0 Å². The van der Waals surface area contributed by atoms with Gasteiger partial charge >= 0.3 is 0 Å². The zero-order valence-corrected chi connectivity index (χ0v) is 12.7. The second-order valence-corrected chi connectivity index (χ2v) is 5.46. The summed E-state index contributed by atoms with van der Waals surface area (Å²) in [5.41, 5.74) is 4.08. The van der Waals surface area contributed by atoms with Crippen molar-refractivity contribution in [3.63, 3.8) is 0 Å². The van der Waals surface area contributed by atoms with E-state index in [2.05, 4.69) is 63.2 Å². The molecule has 1 aromatic carbocycles. The van der Waals surface area contributed by atoms with Gasteiger partial charge in [-0.25, -0.2) is 0 Å². The molecule has 0 fully saturated rings. The summed E-state index contributed by atoms with van der Waals surface area (Å²) in [6.07, 6.45) is 1.19. The van der Waals surface area contributed by atoms with Gasteiger partial charge in [-0.2, -0.15) is 0 Å². The van der Waals surface area contributed by atoms with Gasteiger partial charge in [0.15, 0.2) is 0 Å². The Morgan fingerprint density at radius 1 is 1.17 bits per heavy atom. The Morgan fingerprint density at radius 3 is 2.17 bits per heavy atom. The van der Waals surface area contributed by atoms with Crippen molar-refractivity contribution in [2.24, 2.45) is 0 Å². The lowest BCUT2D eigenvalue weighted by molar-refractivity contribution is 0.228. The van der Waals surface area contributed by atoms with Crippen LogP contribution in [0.25, 0.3) is 0 Å². The van der Waals surface area contributed by atoms with Crippen LogP contribution in [0.4, 0.5) is 0 Å². The Kier molecular flexibility index (Phi) is 5.83. The summed E-state index contributed by atoms with van der Waals surface area (Å²) in [6, 6.07) is 7.85. The van der Waals surface area contributed by atoms with E-state index in [4.69, 9.17) is 0 Å². The van der Waals surface area contributed by atoms with Gasteiger partial charge in [0.25, 0.3) is 0 Å². The highest BCUT2D eigenvalue weighted by atomic mass is 15.1. The lowest BCUT2D eigenvalue weighted by Crippen LogP contribution is -2.36. The Bertz CT molecular complexity index is 353. The molecular weight excluding hydrogens is 220 g/mol. The smallest absolute Gasteiger partial charge is 0.0447 e. The van der Waals surface area contributed by atoms with Crippen molar-refractivity contribution in [3.05, 3.63) is 34.9 Å². The second-order valence-electron chi connectivity index (χ2n) is 5.46. The van der Waals surface area contributed by atoms with Gasteiger partial charge in [-0.15, -0.1) is 0 Å². The Labute approximate surface area is 112 Å². The van der Waals surface area contributed by atoms with Gasteiger partial charge < -0.3 is 10.2 Å². The molecule has 0 saturated heterocycles. The number of benzene rings is 1. The zero-order valence-electron chi connectivity index (χ0n) is 12.7. The van der Waals surface area contributed by atoms with E-state index in [-0.39, 0.29) is 0 Å². The summed E-state index contributed by atoms with van der Waals surface area (Å²) in [6.45, 7) is 9.91. The van der Waals surface area contributed by atoms with Crippen LogP contribution in [-0.4, -0.2) is 31.6 Å². The number of nitrogens with one attached hydrogen (secondary N) is 1. The lowest BCUT2D eigenvalue weighted by atomic mass is 10.0. The third-order valence-electron chi connectivity index (χ3n) is 3.81. The predicted molar refractivity (Wildman–Crippen MR) is 80.1 cm³/mol.